The van der Waals surface area contributed by atoms with E-state index in [2.05, 4.69) is 93.2 Å². The van der Waals surface area contributed by atoms with E-state index in [1.165, 1.54) is 33.4 Å². The summed E-state index contributed by atoms with van der Waals surface area (Å²) in [7, 11) is -7.17. The Kier molecular flexibility index (Phi) is 8.96. The highest BCUT2D eigenvalue weighted by Gasteiger charge is 2.85. The van der Waals surface area contributed by atoms with Crippen LogP contribution in [0.3, 0.4) is 0 Å². The Morgan fingerprint density at radius 3 is 1.47 bits per heavy atom. The maximum absolute atomic E-state index is 12.2. The molecule has 0 aliphatic rings. The summed E-state index contributed by atoms with van der Waals surface area (Å²) in [6, 6.07) is 23.6. The second kappa shape index (κ2) is 10.8. The Bertz CT molecular complexity index is 1370. The van der Waals surface area contributed by atoms with Crippen LogP contribution in [0.25, 0.3) is 22.3 Å². The van der Waals surface area contributed by atoms with Gasteiger partial charge in [0.05, 0.1) is 0 Å². The predicted octanol–water partition coefficient (Wildman–Crippen LogP) is 8.23. The summed E-state index contributed by atoms with van der Waals surface area (Å²) < 4.78 is 134. The summed E-state index contributed by atoms with van der Waals surface area (Å²) in [4.78, 5) is 1.01. The monoisotopic (exact) mass is 590 g/mol. The molecular weight excluding hydrogens is 571 g/mol. The third-order valence-corrected chi connectivity index (χ3v) is 6.46. The first-order chi connectivity index (χ1) is 17.1. The van der Waals surface area contributed by atoms with Crippen molar-refractivity contribution in [2.75, 3.05) is 0 Å². The van der Waals surface area contributed by atoms with Gasteiger partial charge in [-0.1, -0.05) is 71.8 Å². The molecule has 14 heteroatoms. The first-order valence-corrected chi connectivity index (χ1v) is 12.2. The molecule has 0 bridgehead atoms. The summed E-state index contributed by atoms with van der Waals surface area (Å²) in [6.07, 6.45) is -7.13. The molecule has 0 saturated heterocycles. The van der Waals surface area contributed by atoms with Crippen molar-refractivity contribution >= 4 is 22.7 Å². The lowest BCUT2D eigenvalue weighted by molar-refractivity contribution is -0.382. The molecule has 38 heavy (non-hydrogen) atoms. The first-order valence-electron chi connectivity index (χ1n) is 10.3. The number of aryl methyl sites for hydroxylation is 2. The molecule has 3 aromatic rings. The molecular formula is C24H19F9O3S2. The number of thiol groups is 1. The van der Waals surface area contributed by atoms with Crippen LogP contribution in [-0.4, -0.2) is 36.2 Å². The van der Waals surface area contributed by atoms with Crippen molar-refractivity contribution in [1.82, 2.24) is 0 Å². The molecule has 208 valence electrons. The van der Waals surface area contributed by atoms with Gasteiger partial charge in [0.25, 0.3) is 0 Å². The van der Waals surface area contributed by atoms with Gasteiger partial charge in [0, 0.05) is 10.5 Å². The van der Waals surface area contributed by atoms with E-state index in [9.17, 15) is 47.9 Å². The number of rotatable bonds is 5. The summed E-state index contributed by atoms with van der Waals surface area (Å²) in [5.74, 6) is -14.7. The van der Waals surface area contributed by atoms with E-state index in [0.29, 0.717) is 0 Å². The van der Waals surface area contributed by atoms with Crippen LogP contribution in [0.15, 0.2) is 71.6 Å². The minimum absolute atomic E-state index is 1.01. The minimum atomic E-state index is -7.37. The van der Waals surface area contributed by atoms with Crippen molar-refractivity contribution < 1.29 is 52.5 Å². The molecule has 0 amide bonds. The molecule has 0 unspecified atom stereocenters. The summed E-state index contributed by atoms with van der Waals surface area (Å²) in [5, 5.41) is -7.00. The van der Waals surface area contributed by atoms with Crippen LogP contribution in [0.2, 0.25) is 0 Å². The summed E-state index contributed by atoms with van der Waals surface area (Å²) in [6.45, 7) is 4.22. The maximum atomic E-state index is 12.2. The van der Waals surface area contributed by atoms with Crippen LogP contribution in [0.4, 0.5) is 39.5 Å². The zero-order chi connectivity index (χ0) is 29.3. The molecule has 1 N–H and O–H groups in total. The van der Waals surface area contributed by atoms with Crippen LogP contribution < -0.4 is 0 Å². The zero-order valence-electron chi connectivity index (χ0n) is 19.4. The van der Waals surface area contributed by atoms with Crippen molar-refractivity contribution in [1.29, 1.82) is 0 Å². The number of halogens is 9. The van der Waals surface area contributed by atoms with E-state index >= 15 is 0 Å². The predicted molar refractivity (Wildman–Crippen MR) is 126 cm³/mol. The quantitative estimate of drug-likeness (QED) is 0.179. The van der Waals surface area contributed by atoms with Crippen LogP contribution >= 0.6 is 12.6 Å². The van der Waals surface area contributed by atoms with Crippen molar-refractivity contribution in [3.05, 3.63) is 77.9 Å². The third kappa shape index (κ3) is 6.12. The van der Waals surface area contributed by atoms with Gasteiger partial charge in [0.15, 0.2) is 0 Å². The fraction of sp³-hybridized carbons (Fsp3) is 0.250. The number of hydrogen-bond acceptors (Lipinski definition) is 3. The van der Waals surface area contributed by atoms with Gasteiger partial charge in [-0.3, -0.25) is 4.55 Å². The highest BCUT2D eigenvalue weighted by atomic mass is 32.2. The van der Waals surface area contributed by atoms with Gasteiger partial charge in [-0.15, -0.1) is 12.6 Å². The number of hydrogen-bond donors (Lipinski definition) is 2. The zero-order valence-corrected chi connectivity index (χ0v) is 21.1. The SMILES string of the molecule is Cc1ccc(-c2cccc(S)c2-c2ccc(C)cc2)cc1.O=S(=O)(O)C(F)(F)C(F)(F)C(F)(F)C(F)(F)F. The van der Waals surface area contributed by atoms with Crippen LogP contribution in [0, 0.1) is 13.8 Å². The largest absolute Gasteiger partial charge is 0.460 e. The summed E-state index contributed by atoms with van der Waals surface area (Å²) in [5.41, 5.74) is 7.41. The topological polar surface area (TPSA) is 54.4 Å². The second-order valence-corrected chi connectivity index (χ2v) is 10.0. The highest BCUT2D eigenvalue weighted by molar-refractivity contribution is 7.87. The second-order valence-electron chi connectivity index (χ2n) is 8.07. The fourth-order valence-electron chi connectivity index (χ4n) is 3.06. The van der Waals surface area contributed by atoms with Gasteiger partial charge < -0.3 is 0 Å². The number of benzene rings is 3. The molecule has 0 heterocycles. The number of alkyl halides is 9. The Morgan fingerprint density at radius 1 is 0.658 bits per heavy atom. The average Bonchev–Trinajstić information content (AvgIpc) is 2.79. The molecule has 0 radical (unpaired) electrons. The van der Waals surface area contributed by atoms with Gasteiger partial charge >= 0.3 is 33.4 Å². The van der Waals surface area contributed by atoms with E-state index in [0.717, 1.165) is 4.90 Å². The fourth-order valence-corrected chi connectivity index (χ4v) is 3.85. The van der Waals surface area contributed by atoms with Gasteiger partial charge in [-0.2, -0.15) is 47.9 Å². The van der Waals surface area contributed by atoms with E-state index in [-0.39, 0.29) is 0 Å². The average molecular weight is 591 g/mol. The Labute approximate surface area is 217 Å². The molecule has 0 aliphatic heterocycles. The van der Waals surface area contributed by atoms with Crippen molar-refractivity contribution in [2.45, 2.75) is 42.0 Å². The molecule has 3 aromatic carbocycles. The standard InChI is InChI=1S/C20H18S.C4HF9O3S/c1-14-6-10-16(11-7-14)18-4-3-5-19(21)20(18)17-12-8-15(2)9-13-17;5-1(6,3(9,10)11)2(7,8)4(12,13)17(14,15)16/h3-13,21H,1-2H3;(H,14,15,16). The Morgan fingerprint density at radius 2 is 1.08 bits per heavy atom. The van der Waals surface area contributed by atoms with Gasteiger partial charge in [-0.05, 0) is 36.6 Å². The molecule has 0 atom stereocenters. The van der Waals surface area contributed by atoms with E-state index in [4.69, 9.17) is 4.55 Å². The van der Waals surface area contributed by atoms with Crippen LogP contribution in [-0.2, 0) is 10.1 Å². The van der Waals surface area contributed by atoms with Crippen LogP contribution in [0.5, 0.6) is 0 Å². The van der Waals surface area contributed by atoms with Gasteiger partial charge in [0.2, 0.25) is 0 Å². The molecule has 0 fully saturated rings. The van der Waals surface area contributed by atoms with E-state index in [1.807, 2.05) is 0 Å². The van der Waals surface area contributed by atoms with Crippen molar-refractivity contribution in [2.24, 2.45) is 0 Å². The Balaban J connectivity index is 0.000000275. The first kappa shape index (κ1) is 31.5. The van der Waals surface area contributed by atoms with E-state index in [1.54, 1.807) is 0 Å². The van der Waals surface area contributed by atoms with E-state index < -0.39 is 33.4 Å². The van der Waals surface area contributed by atoms with Crippen molar-refractivity contribution in [3.8, 4) is 22.3 Å². The minimum Gasteiger partial charge on any atom is -0.281 e. The molecule has 0 saturated carbocycles. The third-order valence-electron chi connectivity index (χ3n) is 5.19. The smallest absolute Gasteiger partial charge is 0.281 e. The van der Waals surface area contributed by atoms with Gasteiger partial charge in [-0.25, -0.2) is 0 Å². The molecule has 3 rings (SSSR count). The lowest BCUT2D eigenvalue weighted by Crippen LogP contribution is -2.63. The van der Waals surface area contributed by atoms with Gasteiger partial charge in [0.1, 0.15) is 0 Å². The molecule has 0 aromatic heterocycles. The summed E-state index contributed by atoms with van der Waals surface area (Å²) >= 11 is 4.68. The maximum Gasteiger partial charge on any atom is 0.460 e. The van der Waals surface area contributed by atoms with Crippen molar-refractivity contribution in [3.63, 3.8) is 0 Å². The molecule has 0 spiro atoms. The normalized spacial score (nSPS) is 13.1. The Hall–Kier alpha value is -2.71. The molecule has 3 nitrogen and oxygen atoms in total. The highest BCUT2D eigenvalue weighted by Crippen LogP contribution is 2.54. The lowest BCUT2D eigenvalue weighted by atomic mass is 9.93. The molecule has 0 aliphatic carbocycles. The van der Waals surface area contributed by atoms with Crippen LogP contribution in [0.1, 0.15) is 11.1 Å². The lowest BCUT2D eigenvalue weighted by Gasteiger charge is -2.31.